The normalized spacial score (nSPS) is 11.7. The summed E-state index contributed by atoms with van der Waals surface area (Å²) in [5, 5.41) is 4.00. The second kappa shape index (κ2) is 5.45. The van der Waals surface area contributed by atoms with Gasteiger partial charge in [-0.15, -0.1) is 0 Å². The number of para-hydroxylation sites is 1. The van der Waals surface area contributed by atoms with Crippen LogP contribution in [0.2, 0.25) is 0 Å². The van der Waals surface area contributed by atoms with E-state index in [1.165, 1.54) is 0 Å². The molecule has 0 spiro atoms. The lowest BCUT2D eigenvalue weighted by atomic mass is 10.1. The molecule has 0 atom stereocenters. The predicted molar refractivity (Wildman–Crippen MR) is 76.1 cm³/mol. The van der Waals surface area contributed by atoms with Crippen LogP contribution in [0.1, 0.15) is 19.4 Å². The Bertz CT molecular complexity index is 572. The van der Waals surface area contributed by atoms with Gasteiger partial charge < -0.3 is 15.0 Å². The van der Waals surface area contributed by atoms with E-state index in [1.807, 2.05) is 44.3 Å². The lowest BCUT2D eigenvalue weighted by molar-refractivity contribution is -0.121. The van der Waals surface area contributed by atoms with Crippen molar-refractivity contribution in [1.29, 1.82) is 0 Å². The molecule has 0 aliphatic carbocycles. The molecule has 1 heterocycles. The van der Waals surface area contributed by atoms with E-state index in [9.17, 15) is 4.79 Å². The molecule has 2 aromatic rings. The summed E-state index contributed by atoms with van der Waals surface area (Å²) >= 11 is 0. The maximum absolute atomic E-state index is 11.9. The third kappa shape index (κ3) is 3.35. The lowest BCUT2D eigenvalue weighted by Gasteiger charge is -2.23. The smallest absolute Gasteiger partial charge is 0.224 e. The van der Waals surface area contributed by atoms with Crippen LogP contribution < -0.4 is 5.32 Å². The van der Waals surface area contributed by atoms with Crippen molar-refractivity contribution in [2.45, 2.75) is 25.9 Å². The van der Waals surface area contributed by atoms with E-state index < -0.39 is 0 Å². The Morgan fingerprint density at radius 2 is 2.11 bits per heavy atom. The number of ether oxygens (including phenoxy) is 1. The first-order valence-corrected chi connectivity index (χ1v) is 6.39. The van der Waals surface area contributed by atoms with Crippen molar-refractivity contribution in [3.05, 3.63) is 36.0 Å². The summed E-state index contributed by atoms with van der Waals surface area (Å²) < 4.78 is 5.27. The molecule has 0 radical (unpaired) electrons. The first kappa shape index (κ1) is 13.6. The molecule has 4 heteroatoms. The Morgan fingerprint density at radius 1 is 1.37 bits per heavy atom. The quantitative estimate of drug-likeness (QED) is 0.866. The molecule has 1 aromatic carbocycles. The highest BCUT2D eigenvalue weighted by Gasteiger charge is 2.17. The SMILES string of the molecule is COC(C)(C)CNC(=O)Cc1c[nH]c2ccccc12. The van der Waals surface area contributed by atoms with Gasteiger partial charge in [-0.25, -0.2) is 0 Å². The molecule has 4 nitrogen and oxygen atoms in total. The topological polar surface area (TPSA) is 54.1 Å². The summed E-state index contributed by atoms with van der Waals surface area (Å²) in [6, 6.07) is 7.98. The fourth-order valence-corrected chi connectivity index (χ4v) is 1.90. The van der Waals surface area contributed by atoms with Crippen LogP contribution >= 0.6 is 0 Å². The number of rotatable bonds is 5. The molecule has 2 N–H and O–H groups in total. The minimum atomic E-state index is -0.337. The summed E-state index contributed by atoms with van der Waals surface area (Å²) in [5.41, 5.74) is 1.74. The molecule has 0 saturated carbocycles. The molecule has 1 aromatic heterocycles. The van der Waals surface area contributed by atoms with Crippen LogP contribution in [0.25, 0.3) is 10.9 Å². The Labute approximate surface area is 113 Å². The number of methoxy groups -OCH3 is 1. The predicted octanol–water partition coefficient (Wildman–Crippen LogP) is 2.25. The van der Waals surface area contributed by atoms with Crippen molar-refractivity contribution < 1.29 is 9.53 Å². The van der Waals surface area contributed by atoms with Gasteiger partial charge in [-0.05, 0) is 25.5 Å². The Morgan fingerprint density at radius 3 is 2.84 bits per heavy atom. The fourth-order valence-electron chi connectivity index (χ4n) is 1.90. The first-order valence-electron chi connectivity index (χ1n) is 6.39. The van der Waals surface area contributed by atoms with Crippen LogP contribution in [0.5, 0.6) is 0 Å². The molecule has 19 heavy (non-hydrogen) atoms. The van der Waals surface area contributed by atoms with E-state index in [-0.39, 0.29) is 11.5 Å². The Hall–Kier alpha value is -1.81. The molecule has 2 rings (SSSR count). The zero-order valence-corrected chi connectivity index (χ0v) is 11.6. The van der Waals surface area contributed by atoms with Crippen molar-refractivity contribution >= 4 is 16.8 Å². The number of amides is 1. The van der Waals surface area contributed by atoms with Crippen molar-refractivity contribution in [2.75, 3.05) is 13.7 Å². The Balaban J connectivity index is 1.99. The van der Waals surface area contributed by atoms with Crippen LogP contribution in [0.4, 0.5) is 0 Å². The first-order chi connectivity index (χ1) is 9.02. The van der Waals surface area contributed by atoms with Crippen LogP contribution in [0.3, 0.4) is 0 Å². The number of nitrogens with one attached hydrogen (secondary N) is 2. The van der Waals surface area contributed by atoms with Crippen LogP contribution in [0.15, 0.2) is 30.5 Å². The maximum atomic E-state index is 11.9. The number of fused-ring (bicyclic) bond motifs is 1. The number of benzene rings is 1. The fraction of sp³-hybridized carbons (Fsp3) is 0.400. The molecule has 0 fully saturated rings. The summed E-state index contributed by atoms with van der Waals surface area (Å²) in [6.45, 7) is 4.39. The van der Waals surface area contributed by atoms with Gasteiger partial charge in [0.25, 0.3) is 0 Å². The molecule has 1 amide bonds. The largest absolute Gasteiger partial charge is 0.377 e. The van der Waals surface area contributed by atoms with Gasteiger partial charge in [0.1, 0.15) is 0 Å². The third-order valence-corrected chi connectivity index (χ3v) is 3.29. The molecule has 102 valence electrons. The zero-order valence-electron chi connectivity index (χ0n) is 11.6. The number of H-pyrrole nitrogens is 1. The molecular weight excluding hydrogens is 240 g/mol. The van der Waals surface area contributed by atoms with Gasteiger partial charge in [0.2, 0.25) is 5.91 Å². The van der Waals surface area contributed by atoms with Crippen molar-refractivity contribution in [3.63, 3.8) is 0 Å². The lowest BCUT2D eigenvalue weighted by Crippen LogP contribution is -2.40. The van der Waals surface area contributed by atoms with E-state index >= 15 is 0 Å². The minimum absolute atomic E-state index is 0.00915. The average Bonchev–Trinajstić information content (AvgIpc) is 2.80. The third-order valence-electron chi connectivity index (χ3n) is 3.29. The van der Waals surface area contributed by atoms with Crippen molar-refractivity contribution in [3.8, 4) is 0 Å². The number of carbonyl (C=O) groups excluding carboxylic acids is 1. The number of hydrogen-bond donors (Lipinski definition) is 2. The highest BCUT2D eigenvalue weighted by Crippen LogP contribution is 2.18. The minimum Gasteiger partial charge on any atom is -0.377 e. The average molecular weight is 260 g/mol. The highest BCUT2D eigenvalue weighted by atomic mass is 16.5. The number of aromatic amines is 1. The van der Waals surface area contributed by atoms with Gasteiger partial charge in [0, 0.05) is 30.8 Å². The number of aromatic nitrogens is 1. The van der Waals surface area contributed by atoms with Gasteiger partial charge in [0.05, 0.1) is 12.0 Å². The molecule has 0 aliphatic heterocycles. The van der Waals surface area contributed by atoms with E-state index in [1.54, 1.807) is 7.11 Å². The van der Waals surface area contributed by atoms with Crippen LogP contribution in [0, 0.1) is 0 Å². The van der Waals surface area contributed by atoms with E-state index in [4.69, 9.17) is 4.74 Å². The zero-order chi connectivity index (χ0) is 13.9. The summed E-state index contributed by atoms with van der Waals surface area (Å²) in [4.78, 5) is 15.1. The van der Waals surface area contributed by atoms with Crippen LogP contribution in [-0.4, -0.2) is 30.1 Å². The standard InChI is InChI=1S/C15H20N2O2/c1-15(2,19-3)10-17-14(18)8-11-9-16-13-7-5-4-6-12(11)13/h4-7,9,16H,8,10H2,1-3H3,(H,17,18). The molecule has 0 unspecified atom stereocenters. The van der Waals surface area contributed by atoms with Gasteiger partial charge in [-0.3, -0.25) is 4.79 Å². The van der Waals surface area contributed by atoms with Crippen molar-refractivity contribution in [1.82, 2.24) is 10.3 Å². The molecule has 0 bridgehead atoms. The highest BCUT2D eigenvalue weighted by molar-refractivity contribution is 5.88. The maximum Gasteiger partial charge on any atom is 0.224 e. The van der Waals surface area contributed by atoms with E-state index in [2.05, 4.69) is 10.3 Å². The monoisotopic (exact) mass is 260 g/mol. The summed E-state index contributed by atoms with van der Waals surface area (Å²) in [5.74, 6) is 0.00915. The Kier molecular flexibility index (Phi) is 3.90. The molecule has 0 saturated heterocycles. The second-order valence-electron chi connectivity index (χ2n) is 5.28. The second-order valence-corrected chi connectivity index (χ2v) is 5.28. The molecular formula is C15H20N2O2. The van der Waals surface area contributed by atoms with E-state index in [0.29, 0.717) is 13.0 Å². The van der Waals surface area contributed by atoms with Crippen molar-refractivity contribution in [2.24, 2.45) is 0 Å². The van der Waals surface area contributed by atoms with E-state index in [0.717, 1.165) is 16.5 Å². The van der Waals surface area contributed by atoms with Gasteiger partial charge in [0.15, 0.2) is 0 Å². The number of carbonyl (C=O) groups is 1. The van der Waals surface area contributed by atoms with Gasteiger partial charge in [-0.2, -0.15) is 0 Å². The summed E-state index contributed by atoms with van der Waals surface area (Å²) in [7, 11) is 1.64. The van der Waals surface area contributed by atoms with Gasteiger partial charge >= 0.3 is 0 Å². The van der Waals surface area contributed by atoms with Gasteiger partial charge in [-0.1, -0.05) is 18.2 Å². The molecule has 0 aliphatic rings. The summed E-state index contributed by atoms with van der Waals surface area (Å²) in [6.07, 6.45) is 2.27. The van der Waals surface area contributed by atoms with Crippen LogP contribution in [-0.2, 0) is 16.0 Å². The number of hydrogen-bond acceptors (Lipinski definition) is 2.